The van der Waals surface area contributed by atoms with Gasteiger partial charge in [0.15, 0.2) is 11.4 Å². The van der Waals surface area contributed by atoms with Gasteiger partial charge < -0.3 is 10.2 Å². The van der Waals surface area contributed by atoms with Gasteiger partial charge in [0.1, 0.15) is 5.76 Å². The van der Waals surface area contributed by atoms with Crippen molar-refractivity contribution in [3.05, 3.63) is 59.2 Å². The van der Waals surface area contributed by atoms with E-state index in [1.165, 1.54) is 0 Å². The number of nitrogen functional groups attached to an aromatic ring is 1. The molecule has 0 saturated carbocycles. The highest BCUT2D eigenvalue weighted by atomic mass is 16.3. The minimum absolute atomic E-state index is 0.186. The van der Waals surface area contributed by atoms with E-state index < -0.39 is 0 Å². The van der Waals surface area contributed by atoms with Gasteiger partial charge in [-0.15, -0.1) is 0 Å². The summed E-state index contributed by atoms with van der Waals surface area (Å²) in [5.41, 5.74) is 9.43. The van der Waals surface area contributed by atoms with Crippen molar-refractivity contribution in [1.29, 1.82) is 0 Å². The molecule has 0 fully saturated rings. The molecule has 4 aromatic heterocycles. The van der Waals surface area contributed by atoms with Crippen molar-refractivity contribution in [2.45, 2.75) is 20.3 Å². The van der Waals surface area contributed by atoms with Gasteiger partial charge in [-0.2, -0.15) is 19.6 Å². The molecule has 0 unspecified atom stereocenters. The number of hydrogen-bond donors (Lipinski definition) is 1. The van der Waals surface area contributed by atoms with E-state index in [1.54, 1.807) is 10.7 Å². The van der Waals surface area contributed by atoms with Crippen LogP contribution in [0.2, 0.25) is 0 Å². The van der Waals surface area contributed by atoms with Crippen molar-refractivity contribution >= 4 is 11.6 Å². The molecule has 4 rings (SSSR count). The SMILES string of the molecule is Cc1cccc(Cc2cnn3c(-c4ccc(C)o4)nc(N)nc23)n1. The van der Waals surface area contributed by atoms with Gasteiger partial charge in [0.2, 0.25) is 11.8 Å². The molecule has 0 aromatic carbocycles. The molecule has 120 valence electrons. The maximum atomic E-state index is 5.89. The van der Waals surface area contributed by atoms with Crippen molar-refractivity contribution in [3.8, 4) is 11.6 Å². The van der Waals surface area contributed by atoms with E-state index in [1.807, 2.05) is 44.2 Å². The third-order valence-electron chi connectivity index (χ3n) is 3.74. The molecule has 0 bridgehead atoms. The molecule has 0 atom stereocenters. The number of anilines is 1. The first-order valence-corrected chi connectivity index (χ1v) is 7.59. The molecule has 0 radical (unpaired) electrons. The lowest BCUT2D eigenvalue weighted by Crippen LogP contribution is -2.05. The summed E-state index contributed by atoms with van der Waals surface area (Å²) in [5.74, 6) is 2.13. The fourth-order valence-electron chi connectivity index (χ4n) is 2.67. The summed E-state index contributed by atoms with van der Waals surface area (Å²) in [6, 6.07) is 9.67. The van der Waals surface area contributed by atoms with Crippen LogP contribution in [0.4, 0.5) is 5.95 Å². The molecule has 7 heteroatoms. The number of furan rings is 1. The summed E-state index contributed by atoms with van der Waals surface area (Å²) in [7, 11) is 0. The second kappa shape index (κ2) is 5.45. The minimum Gasteiger partial charge on any atom is -0.458 e. The molecule has 0 aliphatic heterocycles. The molecule has 4 aromatic rings. The van der Waals surface area contributed by atoms with E-state index in [0.717, 1.165) is 22.7 Å². The smallest absolute Gasteiger partial charge is 0.224 e. The van der Waals surface area contributed by atoms with Crippen molar-refractivity contribution in [3.63, 3.8) is 0 Å². The summed E-state index contributed by atoms with van der Waals surface area (Å²) in [6.07, 6.45) is 2.39. The van der Waals surface area contributed by atoms with Gasteiger partial charge in [-0.05, 0) is 38.1 Å². The van der Waals surface area contributed by atoms with Crippen LogP contribution < -0.4 is 5.73 Å². The summed E-state index contributed by atoms with van der Waals surface area (Å²) in [5, 5.41) is 4.41. The number of nitrogens with zero attached hydrogens (tertiary/aromatic N) is 5. The Morgan fingerprint density at radius 1 is 1.08 bits per heavy atom. The molecule has 0 aliphatic rings. The van der Waals surface area contributed by atoms with E-state index in [4.69, 9.17) is 10.2 Å². The van der Waals surface area contributed by atoms with Crippen LogP contribution in [0, 0.1) is 13.8 Å². The molecule has 7 nitrogen and oxygen atoms in total. The van der Waals surface area contributed by atoms with Gasteiger partial charge in [-0.1, -0.05) is 6.07 Å². The van der Waals surface area contributed by atoms with Gasteiger partial charge in [-0.25, -0.2) is 0 Å². The van der Waals surface area contributed by atoms with Crippen LogP contribution in [0.15, 0.2) is 40.9 Å². The highest BCUT2D eigenvalue weighted by Gasteiger charge is 2.16. The van der Waals surface area contributed by atoms with E-state index >= 15 is 0 Å². The number of aryl methyl sites for hydroxylation is 2. The number of pyridine rings is 1. The van der Waals surface area contributed by atoms with E-state index in [0.29, 0.717) is 23.7 Å². The number of hydrogen-bond acceptors (Lipinski definition) is 6. The van der Waals surface area contributed by atoms with Crippen molar-refractivity contribution in [1.82, 2.24) is 24.6 Å². The van der Waals surface area contributed by atoms with Crippen LogP contribution in [0.3, 0.4) is 0 Å². The first-order valence-electron chi connectivity index (χ1n) is 7.59. The Kier molecular flexibility index (Phi) is 3.26. The monoisotopic (exact) mass is 320 g/mol. The third-order valence-corrected chi connectivity index (χ3v) is 3.74. The first kappa shape index (κ1) is 14.4. The molecule has 0 aliphatic carbocycles. The lowest BCUT2D eigenvalue weighted by Gasteiger charge is -2.04. The molecule has 2 N–H and O–H groups in total. The molecule has 24 heavy (non-hydrogen) atoms. The van der Waals surface area contributed by atoms with Crippen molar-refractivity contribution in [2.24, 2.45) is 0 Å². The molecular formula is C17H16N6O. The number of rotatable bonds is 3. The summed E-state index contributed by atoms with van der Waals surface area (Å²) in [6.45, 7) is 3.85. The predicted molar refractivity (Wildman–Crippen MR) is 89.4 cm³/mol. The van der Waals surface area contributed by atoms with Crippen molar-refractivity contribution < 1.29 is 4.42 Å². The standard InChI is InChI=1S/C17H16N6O/c1-10-4-3-5-13(20-10)8-12-9-19-23-15(12)21-17(18)22-16(23)14-7-6-11(2)24-14/h3-7,9H,8H2,1-2H3,(H2,18,21). The lowest BCUT2D eigenvalue weighted by molar-refractivity contribution is 0.541. The Morgan fingerprint density at radius 3 is 2.71 bits per heavy atom. The number of aromatic nitrogens is 5. The number of nitrogens with two attached hydrogens (primary N) is 1. The van der Waals surface area contributed by atoms with E-state index in [-0.39, 0.29) is 5.95 Å². The highest BCUT2D eigenvalue weighted by molar-refractivity contribution is 5.59. The summed E-state index contributed by atoms with van der Waals surface area (Å²) >= 11 is 0. The van der Waals surface area contributed by atoms with Crippen LogP contribution in [0.25, 0.3) is 17.2 Å². The van der Waals surface area contributed by atoms with Gasteiger partial charge in [0.05, 0.1) is 6.20 Å². The van der Waals surface area contributed by atoms with Crippen LogP contribution in [0.5, 0.6) is 0 Å². The third kappa shape index (κ3) is 2.50. The fourth-order valence-corrected chi connectivity index (χ4v) is 2.67. The van der Waals surface area contributed by atoms with Gasteiger partial charge in [0.25, 0.3) is 0 Å². The Balaban J connectivity index is 1.83. The second-order valence-electron chi connectivity index (χ2n) is 5.67. The van der Waals surface area contributed by atoms with Gasteiger partial charge in [-0.3, -0.25) is 4.98 Å². The number of fused-ring (bicyclic) bond motifs is 1. The second-order valence-corrected chi connectivity index (χ2v) is 5.67. The largest absolute Gasteiger partial charge is 0.458 e. The fraction of sp³-hybridized carbons (Fsp3) is 0.176. The molecule has 0 spiro atoms. The zero-order chi connectivity index (χ0) is 16.7. The minimum atomic E-state index is 0.186. The predicted octanol–water partition coefficient (Wildman–Crippen LogP) is 2.57. The lowest BCUT2D eigenvalue weighted by atomic mass is 10.1. The Labute approximate surface area is 138 Å². The van der Waals surface area contributed by atoms with Crippen LogP contribution in [-0.2, 0) is 6.42 Å². The normalized spacial score (nSPS) is 11.2. The quantitative estimate of drug-likeness (QED) is 0.623. The molecule has 4 heterocycles. The maximum Gasteiger partial charge on any atom is 0.224 e. The molecule has 0 saturated heterocycles. The average molecular weight is 320 g/mol. The van der Waals surface area contributed by atoms with E-state index in [9.17, 15) is 0 Å². The molecular weight excluding hydrogens is 304 g/mol. The average Bonchev–Trinajstić information content (AvgIpc) is 3.14. The summed E-state index contributed by atoms with van der Waals surface area (Å²) < 4.78 is 7.31. The topological polar surface area (TPSA) is 95.1 Å². The van der Waals surface area contributed by atoms with Crippen molar-refractivity contribution in [2.75, 3.05) is 5.73 Å². The first-order chi connectivity index (χ1) is 11.6. The van der Waals surface area contributed by atoms with Gasteiger partial charge >= 0.3 is 0 Å². The Hall–Kier alpha value is -3.22. The zero-order valence-electron chi connectivity index (χ0n) is 13.4. The van der Waals surface area contributed by atoms with Gasteiger partial charge in [0, 0.05) is 23.4 Å². The maximum absolute atomic E-state index is 5.89. The summed E-state index contributed by atoms with van der Waals surface area (Å²) in [4.78, 5) is 13.2. The zero-order valence-corrected chi connectivity index (χ0v) is 13.4. The Bertz CT molecular complexity index is 1030. The van der Waals surface area contributed by atoms with Crippen LogP contribution >= 0.6 is 0 Å². The molecule has 0 amide bonds. The van der Waals surface area contributed by atoms with Crippen LogP contribution in [0.1, 0.15) is 22.7 Å². The Morgan fingerprint density at radius 2 is 1.96 bits per heavy atom. The highest BCUT2D eigenvalue weighted by Crippen LogP contribution is 2.23. The van der Waals surface area contributed by atoms with Crippen LogP contribution in [-0.4, -0.2) is 24.6 Å². The van der Waals surface area contributed by atoms with E-state index in [2.05, 4.69) is 20.1 Å².